The quantitative estimate of drug-likeness (QED) is 0.328. The second-order valence-corrected chi connectivity index (χ2v) is 10.1. The lowest BCUT2D eigenvalue weighted by Crippen LogP contribution is -2.43. The minimum Gasteiger partial charge on any atom is -0.327 e. The zero-order chi connectivity index (χ0) is 26.4. The summed E-state index contributed by atoms with van der Waals surface area (Å²) in [5, 5.41) is 4.39. The van der Waals surface area contributed by atoms with Crippen molar-refractivity contribution >= 4 is 62.0 Å². The monoisotopic (exact) mass is 541 g/mol. The summed E-state index contributed by atoms with van der Waals surface area (Å²) >= 11 is 7.32. The molecule has 0 atom stereocenters. The Bertz CT molecular complexity index is 1360. The number of piperazine rings is 1. The molecule has 11 heteroatoms. The van der Waals surface area contributed by atoms with E-state index in [1.807, 2.05) is 18.3 Å². The van der Waals surface area contributed by atoms with Crippen molar-refractivity contribution in [2.45, 2.75) is 13.5 Å². The van der Waals surface area contributed by atoms with Crippen LogP contribution in [-0.4, -0.2) is 71.3 Å². The van der Waals surface area contributed by atoms with Gasteiger partial charge in [-0.1, -0.05) is 22.9 Å². The van der Waals surface area contributed by atoms with Crippen molar-refractivity contribution in [3.63, 3.8) is 0 Å². The standard InChI is InChI=1S/C24H25ClFN7S.C2H4O/c1-31-9-11-33(12-10-31)15-16-7-8-27-21(13-16)29-24-28-19-4-6-22(30-23(19)34-24)32(2)20-5-3-17(25)14-18(20)26;1-2-3/h3-8,13-14H,9-12,15H2,1-2H3,(H,27,28,29);2H,1H3. The molecule has 0 bridgehead atoms. The lowest BCUT2D eigenvalue weighted by molar-refractivity contribution is -0.106. The molecule has 1 aromatic carbocycles. The molecule has 194 valence electrons. The molecule has 0 unspecified atom stereocenters. The maximum Gasteiger partial charge on any atom is 0.190 e. The number of carbonyl (C=O) groups is 1. The Morgan fingerprint density at radius 2 is 1.89 bits per heavy atom. The van der Waals surface area contributed by atoms with Gasteiger partial charge in [0.2, 0.25) is 0 Å². The summed E-state index contributed by atoms with van der Waals surface area (Å²) in [4.78, 5) is 29.9. The Hall–Kier alpha value is -3.18. The van der Waals surface area contributed by atoms with Crippen molar-refractivity contribution in [3.05, 3.63) is 65.1 Å². The molecule has 0 aliphatic carbocycles. The normalized spacial score (nSPS) is 14.2. The van der Waals surface area contributed by atoms with Gasteiger partial charge in [0.15, 0.2) is 5.13 Å². The first-order chi connectivity index (χ1) is 17.9. The molecule has 37 heavy (non-hydrogen) atoms. The summed E-state index contributed by atoms with van der Waals surface area (Å²) in [5.41, 5.74) is 2.39. The Morgan fingerprint density at radius 3 is 2.62 bits per heavy atom. The molecule has 8 nitrogen and oxygen atoms in total. The van der Waals surface area contributed by atoms with E-state index in [1.54, 1.807) is 24.1 Å². The number of hydrogen-bond donors (Lipinski definition) is 1. The molecule has 1 N–H and O–H groups in total. The summed E-state index contributed by atoms with van der Waals surface area (Å²) in [5.74, 6) is 0.980. The van der Waals surface area contributed by atoms with Gasteiger partial charge in [0.1, 0.15) is 34.1 Å². The fourth-order valence-corrected chi connectivity index (χ4v) is 4.94. The third-order valence-corrected chi connectivity index (χ3v) is 7.03. The van der Waals surface area contributed by atoms with E-state index < -0.39 is 5.82 Å². The van der Waals surface area contributed by atoms with Crippen LogP contribution in [0.2, 0.25) is 5.02 Å². The third-order valence-electron chi connectivity index (χ3n) is 5.92. The van der Waals surface area contributed by atoms with E-state index in [0.717, 1.165) is 55.2 Å². The van der Waals surface area contributed by atoms with Crippen molar-refractivity contribution in [1.82, 2.24) is 24.8 Å². The van der Waals surface area contributed by atoms with Gasteiger partial charge in [-0.05, 0) is 62.0 Å². The zero-order valence-corrected chi connectivity index (χ0v) is 22.6. The van der Waals surface area contributed by atoms with Gasteiger partial charge in [0.25, 0.3) is 0 Å². The minimum absolute atomic E-state index is 0.359. The number of fused-ring (bicyclic) bond motifs is 1. The second-order valence-electron chi connectivity index (χ2n) is 8.66. The van der Waals surface area contributed by atoms with Crippen LogP contribution in [0.1, 0.15) is 12.5 Å². The van der Waals surface area contributed by atoms with Crippen LogP contribution >= 0.6 is 22.9 Å². The number of aldehydes is 1. The number of pyridine rings is 2. The second kappa shape index (κ2) is 12.4. The molecule has 1 aliphatic heterocycles. The predicted molar refractivity (Wildman–Crippen MR) is 149 cm³/mol. The smallest absolute Gasteiger partial charge is 0.190 e. The van der Waals surface area contributed by atoms with Gasteiger partial charge in [-0.2, -0.15) is 0 Å². The Balaban J connectivity index is 0.00000102. The number of rotatable bonds is 6. The molecule has 1 fully saturated rings. The summed E-state index contributed by atoms with van der Waals surface area (Å²) in [6.45, 7) is 6.68. The zero-order valence-electron chi connectivity index (χ0n) is 21.0. The summed E-state index contributed by atoms with van der Waals surface area (Å²) in [6.07, 6.45) is 2.58. The summed E-state index contributed by atoms with van der Waals surface area (Å²) < 4.78 is 14.4. The number of likely N-dealkylation sites (N-methyl/N-ethyl adjacent to an activating group) is 1. The van der Waals surface area contributed by atoms with Crippen LogP contribution in [0.4, 0.5) is 26.8 Å². The van der Waals surface area contributed by atoms with Crippen molar-refractivity contribution in [2.24, 2.45) is 0 Å². The van der Waals surface area contributed by atoms with Gasteiger partial charge in [-0.3, -0.25) is 4.90 Å². The highest BCUT2D eigenvalue weighted by molar-refractivity contribution is 7.21. The van der Waals surface area contributed by atoms with Crippen molar-refractivity contribution < 1.29 is 9.18 Å². The van der Waals surface area contributed by atoms with Gasteiger partial charge in [-0.15, -0.1) is 0 Å². The highest BCUT2D eigenvalue weighted by Gasteiger charge is 2.16. The van der Waals surface area contributed by atoms with Crippen LogP contribution in [0.15, 0.2) is 48.7 Å². The first kappa shape index (κ1) is 26.9. The Kier molecular flexibility index (Phi) is 8.99. The van der Waals surface area contributed by atoms with Gasteiger partial charge >= 0.3 is 0 Å². The summed E-state index contributed by atoms with van der Waals surface area (Å²) in [6, 6.07) is 12.4. The van der Waals surface area contributed by atoms with Crippen LogP contribution in [-0.2, 0) is 11.3 Å². The Labute approximate surface area is 224 Å². The van der Waals surface area contributed by atoms with Crippen LogP contribution in [0, 0.1) is 5.82 Å². The lowest BCUT2D eigenvalue weighted by atomic mass is 10.2. The van der Waals surface area contributed by atoms with E-state index in [0.29, 0.717) is 21.7 Å². The van der Waals surface area contributed by atoms with Crippen LogP contribution in [0.3, 0.4) is 0 Å². The van der Waals surface area contributed by atoms with Crippen LogP contribution < -0.4 is 10.2 Å². The maximum absolute atomic E-state index is 14.4. The average Bonchev–Trinajstić information content (AvgIpc) is 3.27. The van der Waals surface area contributed by atoms with E-state index in [9.17, 15) is 4.39 Å². The SMILES string of the molecule is CC=O.CN1CCN(Cc2ccnc(Nc3nc4ccc(N(C)c5ccc(Cl)cc5F)nc4s3)c2)CC1. The fourth-order valence-electron chi connectivity index (χ4n) is 3.94. The minimum atomic E-state index is -0.397. The predicted octanol–water partition coefficient (Wildman–Crippen LogP) is 5.34. The number of anilines is 4. The molecular formula is C26H29ClFN7OS. The topological polar surface area (TPSA) is 77.5 Å². The number of nitrogens with zero attached hydrogens (tertiary/aromatic N) is 6. The molecule has 4 heterocycles. The van der Waals surface area contributed by atoms with Crippen molar-refractivity contribution in [2.75, 3.05) is 50.5 Å². The van der Waals surface area contributed by atoms with Gasteiger partial charge in [0.05, 0.1) is 5.69 Å². The number of hydrogen-bond acceptors (Lipinski definition) is 9. The first-order valence-corrected chi connectivity index (χ1v) is 13.0. The average molecular weight is 542 g/mol. The number of thiazole rings is 1. The van der Waals surface area contributed by atoms with Crippen LogP contribution in [0.25, 0.3) is 10.3 Å². The maximum atomic E-state index is 14.4. The van der Waals surface area contributed by atoms with Gasteiger partial charge in [0, 0.05) is 51.0 Å². The molecular weight excluding hydrogens is 513 g/mol. The Morgan fingerprint density at radius 1 is 1.14 bits per heavy atom. The molecule has 0 spiro atoms. The highest BCUT2D eigenvalue weighted by Crippen LogP contribution is 2.31. The molecule has 1 saturated heterocycles. The van der Waals surface area contributed by atoms with E-state index in [2.05, 4.69) is 49.2 Å². The van der Waals surface area contributed by atoms with E-state index in [1.165, 1.54) is 29.9 Å². The van der Waals surface area contributed by atoms with Crippen molar-refractivity contribution in [1.29, 1.82) is 0 Å². The number of nitrogens with one attached hydrogen (secondary N) is 1. The molecule has 4 aromatic rings. The van der Waals surface area contributed by atoms with E-state index in [-0.39, 0.29) is 0 Å². The number of benzene rings is 1. The van der Waals surface area contributed by atoms with E-state index in [4.69, 9.17) is 16.4 Å². The summed E-state index contributed by atoms with van der Waals surface area (Å²) in [7, 11) is 3.94. The van der Waals surface area contributed by atoms with Crippen molar-refractivity contribution in [3.8, 4) is 0 Å². The van der Waals surface area contributed by atoms with Gasteiger partial charge < -0.3 is 19.9 Å². The number of aromatic nitrogens is 3. The van der Waals surface area contributed by atoms with Gasteiger partial charge in [-0.25, -0.2) is 19.3 Å². The van der Waals surface area contributed by atoms with E-state index >= 15 is 0 Å². The molecule has 0 amide bonds. The molecule has 5 rings (SSSR count). The number of carbonyl (C=O) groups excluding carboxylic acids is 1. The molecule has 1 aliphatic rings. The van der Waals surface area contributed by atoms with Crippen LogP contribution in [0.5, 0.6) is 0 Å². The molecule has 3 aromatic heterocycles. The lowest BCUT2D eigenvalue weighted by Gasteiger charge is -2.32. The highest BCUT2D eigenvalue weighted by atomic mass is 35.5. The molecule has 0 saturated carbocycles. The fraction of sp³-hybridized carbons (Fsp3) is 0.308. The third kappa shape index (κ3) is 6.98. The number of halogens is 2. The first-order valence-electron chi connectivity index (χ1n) is 11.8. The largest absolute Gasteiger partial charge is 0.327 e. The molecule has 0 radical (unpaired) electrons.